The summed E-state index contributed by atoms with van der Waals surface area (Å²) in [6.07, 6.45) is 1.59. The molecule has 0 unspecified atom stereocenters. The molecule has 0 radical (unpaired) electrons. The number of hydrogen-bond acceptors (Lipinski definition) is 5. The van der Waals surface area contributed by atoms with Gasteiger partial charge in [0.05, 0.1) is 6.20 Å². The Hall–Kier alpha value is -3.03. The minimum atomic E-state index is -0.396. The summed E-state index contributed by atoms with van der Waals surface area (Å²) in [5.74, 6) is -0.563. The maximum Gasteiger partial charge on any atom is 0.322 e. The Morgan fingerprint density at radius 1 is 1.27 bits per heavy atom. The summed E-state index contributed by atoms with van der Waals surface area (Å²) in [7, 11) is 1.67. The summed E-state index contributed by atoms with van der Waals surface area (Å²) >= 11 is 0. The summed E-state index contributed by atoms with van der Waals surface area (Å²) in [6.45, 7) is 1.78. The molecule has 22 heavy (non-hydrogen) atoms. The van der Waals surface area contributed by atoms with Crippen LogP contribution in [-0.2, 0) is 7.05 Å². The van der Waals surface area contributed by atoms with Crippen LogP contribution < -0.4 is 5.32 Å². The van der Waals surface area contributed by atoms with Crippen LogP contribution in [0.25, 0.3) is 11.5 Å². The minimum Gasteiger partial charge on any atom is -0.403 e. The molecule has 3 aromatic rings. The number of nitrogens with one attached hydrogen (secondary N) is 1. The molecule has 7 nitrogen and oxygen atoms in total. The van der Waals surface area contributed by atoms with Gasteiger partial charge in [-0.1, -0.05) is 5.10 Å². The average molecular weight is 301 g/mol. The van der Waals surface area contributed by atoms with E-state index in [4.69, 9.17) is 4.42 Å². The van der Waals surface area contributed by atoms with E-state index in [1.54, 1.807) is 20.2 Å². The van der Waals surface area contributed by atoms with Gasteiger partial charge in [-0.3, -0.25) is 14.8 Å². The molecule has 0 aliphatic carbocycles. The molecule has 0 atom stereocenters. The topological polar surface area (TPSA) is 85.8 Å². The van der Waals surface area contributed by atoms with Gasteiger partial charge in [-0.25, -0.2) is 4.39 Å². The van der Waals surface area contributed by atoms with Gasteiger partial charge in [-0.15, -0.1) is 5.10 Å². The number of rotatable bonds is 3. The number of carbonyl (C=O) groups excluding carboxylic acids is 1. The molecule has 0 saturated carbocycles. The molecule has 2 heterocycles. The van der Waals surface area contributed by atoms with Crippen molar-refractivity contribution in [2.75, 3.05) is 5.32 Å². The summed E-state index contributed by atoms with van der Waals surface area (Å²) in [5, 5.41) is 14.1. The van der Waals surface area contributed by atoms with Crippen LogP contribution in [0.1, 0.15) is 16.1 Å². The zero-order valence-electron chi connectivity index (χ0n) is 11.9. The number of hydrogen-bond donors (Lipinski definition) is 1. The van der Waals surface area contributed by atoms with E-state index in [-0.39, 0.29) is 17.7 Å². The van der Waals surface area contributed by atoms with Crippen LogP contribution in [0.5, 0.6) is 0 Å². The molecule has 0 fully saturated rings. The second-order valence-corrected chi connectivity index (χ2v) is 4.67. The van der Waals surface area contributed by atoms with Gasteiger partial charge in [0.1, 0.15) is 11.5 Å². The fourth-order valence-electron chi connectivity index (χ4n) is 2.01. The highest BCUT2D eigenvalue weighted by Crippen LogP contribution is 2.20. The maximum atomic E-state index is 12.9. The lowest BCUT2D eigenvalue weighted by molar-refractivity contribution is 0.101. The van der Waals surface area contributed by atoms with E-state index in [1.165, 1.54) is 28.9 Å². The molecule has 1 amide bonds. The third-order valence-electron chi connectivity index (χ3n) is 3.07. The molecule has 2 aromatic heterocycles. The molecule has 0 aliphatic heterocycles. The SMILES string of the molecule is Cc1cnn(C)c1C(=O)Nc1nnc(-c2ccc(F)cc2)o1. The van der Waals surface area contributed by atoms with Crippen molar-refractivity contribution in [3.8, 4) is 11.5 Å². The van der Waals surface area contributed by atoms with E-state index in [1.807, 2.05) is 0 Å². The smallest absolute Gasteiger partial charge is 0.322 e. The van der Waals surface area contributed by atoms with Crippen LogP contribution in [0, 0.1) is 12.7 Å². The Bertz CT molecular complexity index is 803. The molecule has 1 aromatic carbocycles. The molecule has 0 spiro atoms. The number of benzene rings is 1. The molecule has 112 valence electrons. The van der Waals surface area contributed by atoms with Crippen molar-refractivity contribution >= 4 is 11.9 Å². The fraction of sp³-hybridized carbons (Fsp3) is 0.143. The Morgan fingerprint density at radius 3 is 2.64 bits per heavy atom. The molecule has 0 aliphatic rings. The minimum absolute atomic E-state index is 0.0371. The van der Waals surface area contributed by atoms with Crippen molar-refractivity contribution in [2.45, 2.75) is 6.92 Å². The van der Waals surface area contributed by atoms with Gasteiger partial charge in [-0.2, -0.15) is 5.10 Å². The molecule has 0 saturated heterocycles. The summed E-state index contributed by atoms with van der Waals surface area (Å²) in [6, 6.07) is 5.57. The summed E-state index contributed by atoms with van der Waals surface area (Å²) in [5.41, 5.74) is 1.70. The Labute approximate surface area is 124 Å². The third-order valence-corrected chi connectivity index (χ3v) is 3.07. The van der Waals surface area contributed by atoms with E-state index < -0.39 is 5.91 Å². The predicted octanol–water partition coefficient (Wildman–Crippen LogP) is 2.17. The number of carbonyl (C=O) groups is 1. The normalized spacial score (nSPS) is 10.7. The zero-order valence-corrected chi connectivity index (χ0v) is 11.9. The van der Waals surface area contributed by atoms with Crippen LogP contribution in [-0.4, -0.2) is 25.9 Å². The fourth-order valence-corrected chi connectivity index (χ4v) is 2.01. The van der Waals surface area contributed by atoms with E-state index in [9.17, 15) is 9.18 Å². The Morgan fingerprint density at radius 2 is 2.00 bits per heavy atom. The van der Waals surface area contributed by atoms with Crippen LogP contribution in [0.3, 0.4) is 0 Å². The van der Waals surface area contributed by atoms with Gasteiger partial charge < -0.3 is 4.42 Å². The van der Waals surface area contributed by atoms with Gasteiger partial charge in [0.15, 0.2) is 0 Å². The maximum absolute atomic E-state index is 12.9. The monoisotopic (exact) mass is 301 g/mol. The van der Waals surface area contributed by atoms with Gasteiger partial charge in [0.25, 0.3) is 5.91 Å². The van der Waals surface area contributed by atoms with Crippen molar-refractivity contribution < 1.29 is 13.6 Å². The van der Waals surface area contributed by atoms with E-state index in [0.717, 1.165) is 5.56 Å². The third kappa shape index (κ3) is 2.58. The van der Waals surface area contributed by atoms with Crippen molar-refractivity contribution in [3.63, 3.8) is 0 Å². The molecule has 0 bridgehead atoms. The largest absolute Gasteiger partial charge is 0.403 e. The Kier molecular flexibility index (Phi) is 3.42. The quantitative estimate of drug-likeness (QED) is 0.801. The van der Waals surface area contributed by atoms with Crippen LogP contribution in [0.2, 0.25) is 0 Å². The van der Waals surface area contributed by atoms with Crippen molar-refractivity contribution in [3.05, 3.63) is 47.5 Å². The molecular weight excluding hydrogens is 289 g/mol. The highest BCUT2D eigenvalue weighted by molar-refractivity contribution is 6.02. The van der Waals surface area contributed by atoms with Gasteiger partial charge in [0.2, 0.25) is 5.89 Å². The lowest BCUT2D eigenvalue weighted by Crippen LogP contribution is -2.17. The second-order valence-electron chi connectivity index (χ2n) is 4.67. The number of anilines is 1. The standard InChI is InChI=1S/C14H12FN5O2/c1-8-7-16-20(2)11(8)12(21)17-14-19-18-13(22-14)9-3-5-10(15)6-4-9/h3-7H,1-2H3,(H,17,19,21). The van der Waals surface area contributed by atoms with Crippen molar-refractivity contribution in [1.82, 2.24) is 20.0 Å². The highest BCUT2D eigenvalue weighted by Gasteiger charge is 2.17. The number of halogens is 1. The first-order chi connectivity index (χ1) is 10.5. The van der Waals surface area contributed by atoms with E-state index in [2.05, 4.69) is 20.6 Å². The van der Waals surface area contributed by atoms with E-state index in [0.29, 0.717) is 11.3 Å². The van der Waals surface area contributed by atoms with Gasteiger partial charge in [-0.05, 0) is 36.8 Å². The summed E-state index contributed by atoms with van der Waals surface area (Å²) in [4.78, 5) is 12.2. The second kappa shape index (κ2) is 5.40. The highest BCUT2D eigenvalue weighted by atomic mass is 19.1. The zero-order chi connectivity index (χ0) is 15.7. The van der Waals surface area contributed by atoms with Crippen LogP contribution in [0.4, 0.5) is 10.4 Å². The average Bonchev–Trinajstić information content (AvgIpc) is 3.07. The van der Waals surface area contributed by atoms with Crippen LogP contribution in [0.15, 0.2) is 34.9 Å². The lowest BCUT2D eigenvalue weighted by Gasteiger charge is -2.02. The molecule has 3 rings (SSSR count). The molecule has 1 N–H and O–H groups in total. The number of aromatic nitrogens is 4. The number of nitrogens with zero attached hydrogens (tertiary/aromatic N) is 4. The number of aryl methyl sites for hydroxylation is 2. The number of amides is 1. The van der Waals surface area contributed by atoms with E-state index >= 15 is 0 Å². The van der Waals surface area contributed by atoms with Crippen LogP contribution >= 0.6 is 0 Å². The molecular formula is C14H12FN5O2. The van der Waals surface area contributed by atoms with Gasteiger partial charge in [0, 0.05) is 12.6 Å². The first-order valence-corrected chi connectivity index (χ1v) is 6.44. The van der Waals surface area contributed by atoms with Gasteiger partial charge >= 0.3 is 6.01 Å². The first-order valence-electron chi connectivity index (χ1n) is 6.44. The lowest BCUT2D eigenvalue weighted by atomic mass is 10.2. The van der Waals surface area contributed by atoms with Crippen molar-refractivity contribution in [2.24, 2.45) is 7.05 Å². The summed E-state index contributed by atoms with van der Waals surface area (Å²) < 4.78 is 19.7. The Balaban J connectivity index is 1.80. The first kappa shape index (κ1) is 13.9. The molecule has 8 heteroatoms. The predicted molar refractivity (Wildman–Crippen MR) is 75.6 cm³/mol. The van der Waals surface area contributed by atoms with Crippen molar-refractivity contribution in [1.29, 1.82) is 0 Å².